The molecule has 0 fully saturated rings. The largest absolute Gasteiger partial charge is 0.491 e. The van der Waals surface area contributed by atoms with Crippen LogP contribution in [0.4, 0.5) is 13.6 Å². The van der Waals surface area contributed by atoms with E-state index in [0.717, 1.165) is 4.90 Å². The van der Waals surface area contributed by atoms with Gasteiger partial charge in [-0.2, -0.15) is 0 Å². The SMILES string of the molecule is CN(CC(F)F)C(=O)NCc1ccccc1OCCO. The first-order valence-corrected chi connectivity index (χ1v) is 6.13. The molecule has 0 spiro atoms. The topological polar surface area (TPSA) is 61.8 Å². The predicted octanol–water partition coefficient (Wildman–Crippen LogP) is 1.46. The van der Waals surface area contributed by atoms with E-state index < -0.39 is 19.0 Å². The van der Waals surface area contributed by atoms with Crippen LogP contribution in [0.3, 0.4) is 0 Å². The van der Waals surface area contributed by atoms with Crippen LogP contribution in [0.2, 0.25) is 0 Å². The summed E-state index contributed by atoms with van der Waals surface area (Å²) in [4.78, 5) is 12.5. The number of alkyl halides is 2. The zero-order valence-electron chi connectivity index (χ0n) is 11.2. The van der Waals surface area contributed by atoms with E-state index in [9.17, 15) is 13.6 Å². The summed E-state index contributed by atoms with van der Waals surface area (Å²) < 4.78 is 29.6. The first-order chi connectivity index (χ1) is 9.54. The summed E-state index contributed by atoms with van der Waals surface area (Å²) in [6.07, 6.45) is -2.56. The van der Waals surface area contributed by atoms with Crippen molar-refractivity contribution in [1.82, 2.24) is 10.2 Å². The van der Waals surface area contributed by atoms with Crippen LogP contribution < -0.4 is 10.1 Å². The Morgan fingerprint density at radius 1 is 1.45 bits per heavy atom. The zero-order chi connectivity index (χ0) is 15.0. The van der Waals surface area contributed by atoms with Crippen LogP contribution in [0.25, 0.3) is 0 Å². The molecule has 1 rings (SSSR count). The lowest BCUT2D eigenvalue weighted by molar-refractivity contribution is 0.108. The lowest BCUT2D eigenvalue weighted by atomic mass is 10.2. The molecule has 1 aromatic carbocycles. The van der Waals surface area contributed by atoms with Crippen LogP contribution in [-0.4, -0.2) is 49.3 Å². The van der Waals surface area contributed by atoms with E-state index in [1.807, 2.05) is 0 Å². The minimum Gasteiger partial charge on any atom is -0.491 e. The number of ether oxygens (including phenoxy) is 1. The maximum atomic E-state index is 12.1. The number of halogens is 2. The fraction of sp³-hybridized carbons (Fsp3) is 0.462. The summed E-state index contributed by atoms with van der Waals surface area (Å²) in [6.45, 7) is -0.420. The Morgan fingerprint density at radius 3 is 2.80 bits per heavy atom. The van der Waals surface area contributed by atoms with Crippen LogP contribution in [0.1, 0.15) is 5.56 Å². The lowest BCUT2D eigenvalue weighted by Gasteiger charge is -2.18. The van der Waals surface area contributed by atoms with E-state index in [4.69, 9.17) is 9.84 Å². The fourth-order valence-electron chi connectivity index (χ4n) is 1.54. The van der Waals surface area contributed by atoms with Gasteiger partial charge in [-0.15, -0.1) is 0 Å². The van der Waals surface area contributed by atoms with Gasteiger partial charge in [-0.1, -0.05) is 18.2 Å². The molecule has 0 aromatic heterocycles. The van der Waals surface area contributed by atoms with Gasteiger partial charge >= 0.3 is 6.03 Å². The average Bonchev–Trinajstić information content (AvgIpc) is 2.42. The van der Waals surface area contributed by atoms with E-state index in [1.54, 1.807) is 24.3 Å². The highest BCUT2D eigenvalue weighted by Crippen LogP contribution is 2.17. The minimum absolute atomic E-state index is 0.113. The summed E-state index contributed by atoms with van der Waals surface area (Å²) in [6, 6.07) is 6.42. The summed E-state index contributed by atoms with van der Waals surface area (Å²) in [5, 5.41) is 11.3. The van der Waals surface area contributed by atoms with Gasteiger partial charge in [-0.05, 0) is 6.07 Å². The van der Waals surface area contributed by atoms with Gasteiger partial charge < -0.3 is 20.1 Å². The van der Waals surface area contributed by atoms with E-state index in [2.05, 4.69) is 5.32 Å². The molecule has 112 valence electrons. The van der Waals surface area contributed by atoms with Crippen LogP contribution >= 0.6 is 0 Å². The van der Waals surface area contributed by atoms with E-state index in [0.29, 0.717) is 11.3 Å². The standard InChI is InChI=1S/C13H18F2N2O3/c1-17(9-12(14)15)13(19)16-8-10-4-2-3-5-11(10)20-7-6-18/h2-5,12,18H,6-9H2,1H3,(H,16,19). The van der Waals surface area contributed by atoms with Gasteiger partial charge in [0.1, 0.15) is 12.4 Å². The van der Waals surface area contributed by atoms with Gasteiger partial charge in [-0.3, -0.25) is 0 Å². The van der Waals surface area contributed by atoms with Crippen LogP contribution in [0.5, 0.6) is 5.75 Å². The Bertz CT molecular complexity index is 430. The lowest BCUT2D eigenvalue weighted by Crippen LogP contribution is -2.39. The Hall–Kier alpha value is -1.89. The molecule has 2 amide bonds. The number of urea groups is 1. The van der Waals surface area contributed by atoms with Gasteiger partial charge in [0.05, 0.1) is 13.2 Å². The second kappa shape index (κ2) is 8.31. The van der Waals surface area contributed by atoms with Gasteiger partial charge in [0.25, 0.3) is 6.43 Å². The Kier molecular flexibility index (Phi) is 6.72. The number of hydrogen-bond acceptors (Lipinski definition) is 3. The molecule has 0 unspecified atom stereocenters. The molecule has 0 heterocycles. The number of hydrogen-bond donors (Lipinski definition) is 2. The normalized spacial score (nSPS) is 10.4. The first kappa shape index (κ1) is 16.2. The van der Waals surface area contributed by atoms with Crippen molar-refractivity contribution in [3.05, 3.63) is 29.8 Å². The molecule has 0 saturated carbocycles. The molecule has 5 nitrogen and oxygen atoms in total. The third-order valence-corrected chi connectivity index (χ3v) is 2.51. The second-order valence-corrected chi connectivity index (χ2v) is 4.11. The average molecular weight is 288 g/mol. The van der Waals surface area contributed by atoms with Gasteiger partial charge in [0.2, 0.25) is 0 Å². The Balaban J connectivity index is 2.54. The van der Waals surface area contributed by atoms with Gasteiger partial charge in [0, 0.05) is 19.2 Å². The number of nitrogens with one attached hydrogen (secondary N) is 1. The summed E-state index contributed by atoms with van der Waals surface area (Å²) in [5.41, 5.74) is 0.708. The van der Waals surface area contributed by atoms with Crippen molar-refractivity contribution in [3.63, 3.8) is 0 Å². The van der Waals surface area contributed by atoms with Crippen molar-refractivity contribution in [2.75, 3.05) is 26.8 Å². The molecule has 0 aliphatic carbocycles. The molecular formula is C13H18F2N2O3. The number of aliphatic hydroxyl groups excluding tert-OH is 1. The maximum Gasteiger partial charge on any atom is 0.317 e. The molecule has 0 aliphatic rings. The maximum absolute atomic E-state index is 12.1. The smallest absolute Gasteiger partial charge is 0.317 e. The van der Waals surface area contributed by atoms with Crippen molar-refractivity contribution in [2.24, 2.45) is 0 Å². The number of nitrogens with zero attached hydrogens (tertiary/aromatic N) is 1. The molecule has 0 saturated heterocycles. The number of carbonyl (C=O) groups is 1. The quantitative estimate of drug-likeness (QED) is 0.798. The number of benzene rings is 1. The van der Waals surface area contributed by atoms with Crippen LogP contribution in [0, 0.1) is 0 Å². The van der Waals surface area contributed by atoms with Crippen LogP contribution in [0.15, 0.2) is 24.3 Å². The molecule has 7 heteroatoms. The highest BCUT2D eigenvalue weighted by Gasteiger charge is 2.14. The fourth-order valence-corrected chi connectivity index (χ4v) is 1.54. The third-order valence-electron chi connectivity index (χ3n) is 2.51. The Morgan fingerprint density at radius 2 is 2.15 bits per heavy atom. The molecule has 0 bridgehead atoms. The monoisotopic (exact) mass is 288 g/mol. The highest BCUT2D eigenvalue weighted by atomic mass is 19.3. The second-order valence-electron chi connectivity index (χ2n) is 4.11. The number of para-hydroxylation sites is 1. The van der Waals surface area contributed by atoms with Gasteiger partial charge in [0.15, 0.2) is 0 Å². The number of amides is 2. The molecular weight excluding hydrogens is 270 g/mol. The zero-order valence-corrected chi connectivity index (χ0v) is 11.2. The van der Waals surface area contributed by atoms with Crippen molar-refractivity contribution in [3.8, 4) is 5.75 Å². The third kappa shape index (κ3) is 5.40. The molecule has 0 aliphatic heterocycles. The number of rotatable bonds is 7. The highest BCUT2D eigenvalue weighted by molar-refractivity contribution is 5.73. The van der Waals surface area contributed by atoms with Gasteiger partial charge in [-0.25, -0.2) is 13.6 Å². The van der Waals surface area contributed by atoms with Crippen molar-refractivity contribution >= 4 is 6.03 Å². The van der Waals surface area contributed by atoms with E-state index in [-0.39, 0.29) is 19.8 Å². The summed E-state index contributed by atoms with van der Waals surface area (Å²) in [7, 11) is 1.30. The van der Waals surface area contributed by atoms with Crippen LogP contribution in [-0.2, 0) is 6.54 Å². The Labute approximate surface area is 116 Å². The molecule has 1 aromatic rings. The predicted molar refractivity (Wildman–Crippen MR) is 69.9 cm³/mol. The molecule has 0 atom stereocenters. The molecule has 20 heavy (non-hydrogen) atoms. The molecule has 0 radical (unpaired) electrons. The van der Waals surface area contributed by atoms with Crippen molar-refractivity contribution < 1.29 is 23.4 Å². The van der Waals surface area contributed by atoms with E-state index >= 15 is 0 Å². The van der Waals surface area contributed by atoms with Crippen molar-refractivity contribution in [2.45, 2.75) is 13.0 Å². The molecule has 2 N–H and O–H groups in total. The first-order valence-electron chi connectivity index (χ1n) is 6.13. The van der Waals surface area contributed by atoms with E-state index in [1.165, 1.54) is 7.05 Å². The summed E-state index contributed by atoms with van der Waals surface area (Å²) >= 11 is 0. The minimum atomic E-state index is -2.56. The summed E-state index contributed by atoms with van der Waals surface area (Å²) in [5.74, 6) is 0.540. The van der Waals surface area contributed by atoms with Crippen molar-refractivity contribution in [1.29, 1.82) is 0 Å². The number of aliphatic hydroxyl groups is 1. The number of carbonyl (C=O) groups excluding carboxylic acids is 1.